The van der Waals surface area contributed by atoms with Gasteiger partial charge in [-0.25, -0.2) is 9.79 Å². The summed E-state index contributed by atoms with van der Waals surface area (Å²) in [5.41, 5.74) is 2.10. The number of rotatable bonds is 5. The van der Waals surface area contributed by atoms with E-state index in [1.165, 1.54) is 11.8 Å². The SMILES string of the molecule is CCOC(=O)C1=C(C)N=C2SC=CN2C1c1ccc(OC)c(OC)c1. The molecule has 0 radical (unpaired) electrons. The van der Waals surface area contributed by atoms with Gasteiger partial charge in [0.25, 0.3) is 0 Å². The number of hydrogen-bond acceptors (Lipinski definition) is 7. The maximum atomic E-state index is 12.6. The molecule has 1 aromatic carbocycles. The fourth-order valence-corrected chi connectivity index (χ4v) is 3.71. The third kappa shape index (κ3) is 3.11. The normalized spacial score (nSPS) is 18.8. The number of amidine groups is 1. The van der Waals surface area contributed by atoms with Gasteiger partial charge < -0.3 is 19.1 Å². The molecule has 1 atom stereocenters. The van der Waals surface area contributed by atoms with E-state index in [-0.39, 0.29) is 12.0 Å². The molecule has 0 spiro atoms. The molecule has 2 aliphatic rings. The quantitative estimate of drug-likeness (QED) is 0.750. The number of fused-ring (bicyclic) bond motifs is 1. The zero-order valence-corrected chi connectivity index (χ0v) is 15.4. The topological polar surface area (TPSA) is 60.4 Å². The van der Waals surface area contributed by atoms with Crippen LogP contribution in [0.15, 0.2) is 46.1 Å². The number of carbonyl (C=O) groups excluding carboxylic acids is 1. The smallest absolute Gasteiger partial charge is 0.338 e. The molecule has 2 heterocycles. The minimum Gasteiger partial charge on any atom is -0.493 e. The number of methoxy groups -OCH3 is 2. The lowest BCUT2D eigenvalue weighted by Crippen LogP contribution is -2.34. The van der Waals surface area contributed by atoms with Crippen molar-refractivity contribution in [2.75, 3.05) is 20.8 Å². The number of thioether (sulfide) groups is 1. The van der Waals surface area contributed by atoms with E-state index in [4.69, 9.17) is 14.2 Å². The van der Waals surface area contributed by atoms with Crippen molar-refractivity contribution in [2.45, 2.75) is 19.9 Å². The number of allylic oxidation sites excluding steroid dienone is 1. The van der Waals surface area contributed by atoms with Crippen molar-refractivity contribution in [2.24, 2.45) is 4.99 Å². The molecule has 7 heteroatoms. The molecule has 1 aromatic rings. The largest absolute Gasteiger partial charge is 0.493 e. The summed E-state index contributed by atoms with van der Waals surface area (Å²) < 4.78 is 16.0. The highest BCUT2D eigenvalue weighted by molar-refractivity contribution is 8.16. The molecule has 0 aromatic heterocycles. The van der Waals surface area contributed by atoms with Crippen LogP contribution in [0.2, 0.25) is 0 Å². The highest BCUT2D eigenvalue weighted by Gasteiger charge is 2.37. The molecule has 0 saturated carbocycles. The molecule has 0 fully saturated rings. The van der Waals surface area contributed by atoms with Crippen molar-refractivity contribution in [3.05, 3.63) is 46.6 Å². The maximum Gasteiger partial charge on any atom is 0.338 e. The Hall–Kier alpha value is -2.41. The van der Waals surface area contributed by atoms with Gasteiger partial charge in [0.2, 0.25) is 0 Å². The summed E-state index contributed by atoms with van der Waals surface area (Å²) in [7, 11) is 3.19. The van der Waals surface area contributed by atoms with Crippen LogP contribution < -0.4 is 9.47 Å². The second-order valence-corrected chi connectivity index (χ2v) is 6.31. The molecule has 0 N–H and O–H groups in total. The lowest BCUT2D eigenvalue weighted by molar-refractivity contribution is -0.139. The van der Waals surface area contributed by atoms with Gasteiger partial charge in [0.15, 0.2) is 16.7 Å². The molecule has 6 nitrogen and oxygen atoms in total. The number of nitrogens with zero attached hydrogens (tertiary/aromatic N) is 2. The number of carbonyl (C=O) groups is 1. The van der Waals surface area contributed by atoms with Gasteiger partial charge in [0, 0.05) is 6.20 Å². The van der Waals surface area contributed by atoms with E-state index in [2.05, 4.69) is 4.99 Å². The average Bonchev–Trinajstić information content (AvgIpc) is 3.07. The Morgan fingerprint density at radius 1 is 1.28 bits per heavy atom. The van der Waals surface area contributed by atoms with Crippen molar-refractivity contribution in [1.29, 1.82) is 0 Å². The Labute approximate surface area is 151 Å². The van der Waals surface area contributed by atoms with Crippen LogP contribution in [0, 0.1) is 0 Å². The summed E-state index contributed by atoms with van der Waals surface area (Å²) >= 11 is 1.53. The number of ether oxygens (including phenoxy) is 3. The van der Waals surface area contributed by atoms with Gasteiger partial charge >= 0.3 is 5.97 Å². The fraction of sp³-hybridized carbons (Fsp3) is 0.333. The first kappa shape index (κ1) is 17.4. The first-order valence-corrected chi connectivity index (χ1v) is 8.78. The summed E-state index contributed by atoms with van der Waals surface area (Å²) in [6.45, 7) is 3.95. The zero-order chi connectivity index (χ0) is 18.0. The molecule has 2 aliphatic heterocycles. The number of aliphatic imine (C=N–C) groups is 1. The molecule has 25 heavy (non-hydrogen) atoms. The van der Waals surface area contributed by atoms with Gasteiger partial charge in [-0.2, -0.15) is 0 Å². The summed E-state index contributed by atoms with van der Waals surface area (Å²) in [5.74, 6) is 0.898. The molecule has 1 unspecified atom stereocenters. The van der Waals surface area contributed by atoms with Crippen LogP contribution >= 0.6 is 11.8 Å². The molecule has 3 rings (SSSR count). The van der Waals surface area contributed by atoms with Gasteiger partial charge in [0.1, 0.15) is 0 Å². The van der Waals surface area contributed by atoms with Crippen molar-refractivity contribution in [3.63, 3.8) is 0 Å². The van der Waals surface area contributed by atoms with Crippen molar-refractivity contribution in [3.8, 4) is 11.5 Å². The minimum atomic E-state index is -0.354. The third-order valence-electron chi connectivity index (χ3n) is 4.04. The summed E-state index contributed by atoms with van der Waals surface area (Å²) in [5, 5.41) is 2.79. The van der Waals surface area contributed by atoms with Gasteiger partial charge in [-0.3, -0.25) is 0 Å². The summed E-state index contributed by atoms with van der Waals surface area (Å²) in [4.78, 5) is 19.1. The predicted molar refractivity (Wildman–Crippen MR) is 97.6 cm³/mol. The van der Waals surface area contributed by atoms with Crippen LogP contribution in [0.4, 0.5) is 0 Å². The molecule has 0 amide bonds. The monoisotopic (exact) mass is 360 g/mol. The molecular formula is C18H20N2O4S. The first-order valence-electron chi connectivity index (χ1n) is 7.90. The molecule has 0 aliphatic carbocycles. The van der Waals surface area contributed by atoms with Crippen LogP contribution in [0.25, 0.3) is 0 Å². The summed E-state index contributed by atoms with van der Waals surface area (Å²) in [6, 6.07) is 5.33. The van der Waals surface area contributed by atoms with Gasteiger partial charge in [-0.1, -0.05) is 17.8 Å². The number of hydrogen-bond donors (Lipinski definition) is 0. The second-order valence-electron chi connectivity index (χ2n) is 5.44. The van der Waals surface area contributed by atoms with Crippen molar-refractivity contribution in [1.82, 2.24) is 4.90 Å². The van der Waals surface area contributed by atoms with E-state index in [1.807, 2.05) is 41.6 Å². The maximum absolute atomic E-state index is 12.6. The highest BCUT2D eigenvalue weighted by atomic mass is 32.2. The summed E-state index contributed by atoms with van der Waals surface area (Å²) in [6.07, 6.45) is 1.93. The zero-order valence-electron chi connectivity index (χ0n) is 14.6. The standard InChI is InChI=1S/C18H20N2O4S/c1-5-24-17(21)15-11(2)19-18-20(8-9-25-18)16(15)12-6-7-13(22-3)14(10-12)23-4/h6-10,16H,5H2,1-4H3. The molecule has 0 saturated heterocycles. The Kier molecular flexibility index (Phi) is 5.03. The lowest BCUT2D eigenvalue weighted by Gasteiger charge is -2.33. The van der Waals surface area contributed by atoms with E-state index in [9.17, 15) is 4.79 Å². The number of benzene rings is 1. The van der Waals surface area contributed by atoms with Gasteiger partial charge in [-0.05, 0) is 37.0 Å². The van der Waals surface area contributed by atoms with Crippen LogP contribution in [0.1, 0.15) is 25.5 Å². The molecular weight excluding hydrogens is 340 g/mol. The van der Waals surface area contributed by atoms with E-state index in [0.29, 0.717) is 29.4 Å². The molecule has 132 valence electrons. The average molecular weight is 360 g/mol. The van der Waals surface area contributed by atoms with Crippen molar-refractivity contribution < 1.29 is 19.0 Å². The van der Waals surface area contributed by atoms with Gasteiger partial charge in [0.05, 0.1) is 38.1 Å². The Bertz CT molecular complexity index is 785. The first-order chi connectivity index (χ1) is 12.1. The Morgan fingerprint density at radius 2 is 2.04 bits per heavy atom. The van der Waals surface area contributed by atoms with Crippen LogP contribution in [-0.4, -0.2) is 36.9 Å². The van der Waals surface area contributed by atoms with Crippen LogP contribution in [-0.2, 0) is 9.53 Å². The van der Waals surface area contributed by atoms with E-state index >= 15 is 0 Å². The Balaban J connectivity index is 2.11. The van der Waals surface area contributed by atoms with E-state index in [1.54, 1.807) is 21.1 Å². The van der Waals surface area contributed by atoms with E-state index in [0.717, 1.165) is 10.7 Å². The van der Waals surface area contributed by atoms with Crippen molar-refractivity contribution >= 4 is 22.9 Å². The van der Waals surface area contributed by atoms with Gasteiger partial charge in [-0.15, -0.1) is 0 Å². The third-order valence-corrected chi connectivity index (χ3v) is 4.81. The van der Waals surface area contributed by atoms with E-state index < -0.39 is 0 Å². The van der Waals surface area contributed by atoms with Crippen LogP contribution in [0.3, 0.4) is 0 Å². The predicted octanol–water partition coefficient (Wildman–Crippen LogP) is 3.47. The lowest BCUT2D eigenvalue weighted by atomic mass is 9.94. The molecule has 0 bridgehead atoms. The fourth-order valence-electron chi connectivity index (χ4n) is 2.92. The second kappa shape index (κ2) is 7.23. The number of esters is 1. The minimum absolute atomic E-state index is 0.315. The Morgan fingerprint density at radius 3 is 2.72 bits per heavy atom. The van der Waals surface area contributed by atoms with Crippen LogP contribution in [0.5, 0.6) is 11.5 Å². The highest BCUT2D eigenvalue weighted by Crippen LogP contribution is 2.42.